The Morgan fingerprint density at radius 1 is 0.960 bits per heavy atom. The molecule has 0 N–H and O–H groups in total. The molecule has 5 nitrogen and oxygen atoms in total. The van der Waals surface area contributed by atoms with Gasteiger partial charge >= 0.3 is 0 Å². The van der Waals surface area contributed by atoms with E-state index in [1.165, 1.54) is 0 Å². The molecule has 0 unspecified atom stereocenters. The predicted molar refractivity (Wildman–Crippen MR) is 97.3 cm³/mol. The van der Waals surface area contributed by atoms with Gasteiger partial charge in [-0.2, -0.15) is 0 Å². The molecule has 3 rings (SSSR count). The van der Waals surface area contributed by atoms with Gasteiger partial charge in [-0.3, -0.25) is 0 Å². The van der Waals surface area contributed by atoms with E-state index in [4.69, 9.17) is 9.47 Å². The highest BCUT2D eigenvalue weighted by molar-refractivity contribution is 7.88. The van der Waals surface area contributed by atoms with Crippen LogP contribution in [-0.4, -0.2) is 39.0 Å². The van der Waals surface area contributed by atoms with Crippen molar-refractivity contribution in [1.82, 2.24) is 4.31 Å². The Morgan fingerprint density at radius 2 is 1.56 bits per heavy atom. The SMILES string of the molecule is COc1ccc(OC2CCN(S(=O)(=O)Cc3ccccc3)CC2)cc1. The summed E-state index contributed by atoms with van der Waals surface area (Å²) in [5, 5.41) is 0. The lowest BCUT2D eigenvalue weighted by Gasteiger charge is -2.31. The van der Waals surface area contributed by atoms with Gasteiger partial charge in [0.05, 0.1) is 12.9 Å². The van der Waals surface area contributed by atoms with E-state index < -0.39 is 10.0 Å². The molecule has 134 valence electrons. The average Bonchev–Trinajstić information content (AvgIpc) is 2.63. The van der Waals surface area contributed by atoms with Crippen molar-refractivity contribution >= 4 is 10.0 Å². The standard InChI is InChI=1S/C19H23NO4S/c1-23-17-7-9-18(10-8-17)24-19-11-13-20(14-12-19)25(21,22)15-16-5-3-2-4-6-16/h2-10,19H,11-15H2,1H3. The predicted octanol–water partition coefficient (Wildman–Crippen LogP) is 3.07. The molecule has 0 saturated carbocycles. The minimum absolute atomic E-state index is 0.0385. The summed E-state index contributed by atoms with van der Waals surface area (Å²) in [6.45, 7) is 0.992. The van der Waals surface area contributed by atoms with E-state index >= 15 is 0 Å². The Hall–Kier alpha value is -2.05. The number of hydrogen-bond donors (Lipinski definition) is 0. The normalized spacial score (nSPS) is 16.5. The molecule has 0 amide bonds. The van der Waals surface area contributed by atoms with Crippen LogP contribution in [0.2, 0.25) is 0 Å². The zero-order chi connectivity index (χ0) is 17.7. The summed E-state index contributed by atoms with van der Waals surface area (Å²) in [5.41, 5.74) is 0.819. The number of nitrogens with zero attached hydrogens (tertiary/aromatic N) is 1. The second-order valence-electron chi connectivity index (χ2n) is 6.13. The lowest BCUT2D eigenvalue weighted by atomic mass is 10.1. The summed E-state index contributed by atoms with van der Waals surface area (Å²) < 4.78 is 37.8. The summed E-state index contributed by atoms with van der Waals surface area (Å²) in [6, 6.07) is 16.8. The van der Waals surface area contributed by atoms with Crippen molar-refractivity contribution in [2.45, 2.75) is 24.7 Å². The Morgan fingerprint density at radius 3 is 2.16 bits per heavy atom. The van der Waals surface area contributed by atoms with Crippen LogP contribution in [0.4, 0.5) is 0 Å². The first-order valence-electron chi connectivity index (χ1n) is 8.39. The summed E-state index contributed by atoms with van der Waals surface area (Å²) in [4.78, 5) is 0. The van der Waals surface area contributed by atoms with Crippen molar-refractivity contribution in [3.63, 3.8) is 0 Å². The maximum absolute atomic E-state index is 12.6. The van der Waals surface area contributed by atoms with Gasteiger partial charge in [-0.05, 0) is 42.7 Å². The van der Waals surface area contributed by atoms with Gasteiger partial charge in [0.1, 0.15) is 17.6 Å². The Balaban J connectivity index is 1.54. The fraction of sp³-hybridized carbons (Fsp3) is 0.368. The molecule has 2 aromatic rings. The fourth-order valence-corrected chi connectivity index (χ4v) is 4.51. The largest absolute Gasteiger partial charge is 0.497 e. The number of benzene rings is 2. The van der Waals surface area contributed by atoms with Crippen molar-refractivity contribution < 1.29 is 17.9 Å². The Kier molecular flexibility index (Phi) is 5.60. The molecule has 0 aliphatic carbocycles. The average molecular weight is 361 g/mol. The van der Waals surface area contributed by atoms with E-state index in [1.54, 1.807) is 11.4 Å². The second kappa shape index (κ2) is 7.89. The molecule has 1 fully saturated rings. The topological polar surface area (TPSA) is 55.8 Å². The van der Waals surface area contributed by atoms with Gasteiger partial charge in [0, 0.05) is 13.1 Å². The molecule has 1 saturated heterocycles. The number of hydrogen-bond acceptors (Lipinski definition) is 4. The minimum atomic E-state index is -3.28. The zero-order valence-corrected chi connectivity index (χ0v) is 15.1. The number of rotatable bonds is 6. The van der Waals surface area contributed by atoms with Crippen LogP contribution in [0.25, 0.3) is 0 Å². The first-order valence-corrected chi connectivity index (χ1v) is 10.0. The highest BCUT2D eigenvalue weighted by atomic mass is 32.2. The molecule has 2 aromatic carbocycles. The highest BCUT2D eigenvalue weighted by Crippen LogP contribution is 2.23. The third-order valence-corrected chi connectivity index (χ3v) is 6.20. The first-order chi connectivity index (χ1) is 12.1. The van der Waals surface area contributed by atoms with E-state index in [9.17, 15) is 8.42 Å². The van der Waals surface area contributed by atoms with Gasteiger partial charge in [0.2, 0.25) is 10.0 Å². The third kappa shape index (κ3) is 4.74. The van der Waals surface area contributed by atoms with Crippen LogP contribution >= 0.6 is 0 Å². The summed E-state index contributed by atoms with van der Waals surface area (Å²) >= 11 is 0. The highest BCUT2D eigenvalue weighted by Gasteiger charge is 2.28. The third-order valence-electron chi connectivity index (χ3n) is 4.35. The molecule has 0 bridgehead atoms. The van der Waals surface area contributed by atoms with Crippen LogP contribution in [0.3, 0.4) is 0 Å². The number of methoxy groups -OCH3 is 1. The van der Waals surface area contributed by atoms with Gasteiger partial charge in [0.15, 0.2) is 0 Å². The Bertz CT molecular complexity index is 767. The van der Waals surface area contributed by atoms with Gasteiger partial charge in [-0.1, -0.05) is 30.3 Å². The van der Waals surface area contributed by atoms with Gasteiger partial charge < -0.3 is 9.47 Å². The van der Waals surface area contributed by atoms with Crippen LogP contribution < -0.4 is 9.47 Å². The van der Waals surface area contributed by atoms with Crippen LogP contribution in [0.15, 0.2) is 54.6 Å². The van der Waals surface area contributed by atoms with Crippen LogP contribution in [0, 0.1) is 0 Å². The molecular formula is C19H23NO4S. The second-order valence-corrected chi connectivity index (χ2v) is 8.10. The lowest BCUT2D eigenvalue weighted by molar-refractivity contribution is 0.135. The van der Waals surface area contributed by atoms with Gasteiger partial charge in [-0.25, -0.2) is 12.7 Å². The molecule has 0 atom stereocenters. The van der Waals surface area contributed by atoms with Gasteiger partial charge in [0.25, 0.3) is 0 Å². The molecule has 1 aliphatic rings. The Labute approximate surface area is 149 Å². The maximum atomic E-state index is 12.6. The van der Waals surface area contributed by atoms with Crippen LogP contribution in [0.5, 0.6) is 11.5 Å². The lowest BCUT2D eigenvalue weighted by Crippen LogP contribution is -2.42. The quantitative estimate of drug-likeness (QED) is 0.793. The van der Waals surface area contributed by atoms with E-state index in [0.29, 0.717) is 25.9 Å². The zero-order valence-electron chi connectivity index (χ0n) is 14.3. The summed E-state index contributed by atoms with van der Waals surface area (Å²) in [5.74, 6) is 1.62. The molecule has 6 heteroatoms. The van der Waals surface area contributed by atoms with Gasteiger partial charge in [-0.15, -0.1) is 0 Å². The van der Waals surface area contributed by atoms with Crippen LogP contribution in [0.1, 0.15) is 18.4 Å². The van der Waals surface area contributed by atoms with Crippen LogP contribution in [-0.2, 0) is 15.8 Å². The first kappa shape index (κ1) is 17.8. The number of sulfonamides is 1. The van der Waals surface area contributed by atoms with E-state index in [2.05, 4.69) is 0 Å². The van der Waals surface area contributed by atoms with E-state index in [0.717, 1.165) is 17.1 Å². The smallest absolute Gasteiger partial charge is 0.218 e. The van der Waals surface area contributed by atoms with E-state index in [1.807, 2.05) is 54.6 Å². The molecule has 0 spiro atoms. The molecule has 0 aromatic heterocycles. The fourth-order valence-electron chi connectivity index (χ4n) is 2.95. The monoisotopic (exact) mass is 361 g/mol. The van der Waals surface area contributed by atoms with Crippen molar-refractivity contribution in [3.05, 3.63) is 60.2 Å². The molecule has 1 aliphatic heterocycles. The number of piperidine rings is 1. The molecule has 0 radical (unpaired) electrons. The minimum Gasteiger partial charge on any atom is -0.497 e. The summed E-state index contributed by atoms with van der Waals surface area (Å²) in [7, 11) is -1.65. The van der Waals surface area contributed by atoms with Crippen molar-refractivity contribution in [2.24, 2.45) is 0 Å². The maximum Gasteiger partial charge on any atom is 0.218 e. The van der Waals surface area contributed by atoms with E-state index in [-0.39, 0.29) is 11.9 Å². The van der Waals surface area contributed by atoms with Crippen molar-refractivity contribution in [1.29, 1.82) is 0 Å². The molecule has 25 heavy (non-hydrogen) atoms. The summed E-state index contributed by atoms with van der Waals surface area (Å²) in [6.07, 6.45) is 1.43. The van der Waals surface area contributed by atoms with Crippen molar-refractivity contribution in [3.8, 4) is 11.5 Å². The van der Waals surface area contributed by atoms with Crippen molar-refractivity contribution in [2.75, 3.05) is 20.2 Å². The molecular weight excluding hydrogens is 338 g/mol. The number of ether oxygens (including phenoxy) is 2. The molecule has 1 heterocycles.